The number of para-hydroxylation sites is 1. The van der Waals surface area contributed by atoms with E-state index in [1.165, 1.54) is 23.1 Å². The second-order valence-corrected chi connectivity index (χ2v) is 8.68. The highest BCUT2D eigenvalue weighted by molar-refractivity contribution is 7.92. The minimum Gasteiger partial charge on any atom is -0.376 e. The van der Waals surface area contributed by atoms with E-state index < -0.39 is 32.6 Å². The Kier molecular flexibility index (Phi) is 6.37. The van der Waals surface area contributed by atoms with E-state index in [2.05, 4.69) is 4.72 Å². The average molecular weight is 442 g/mol. The molecule has 0 saturated carbocycles. The SMILES string of the molecule is CN(CC1CCCO1)C(=O)c1ccccc1NS(=O)(=O)c1cccc(C(F)(F)F)c1. The van der Waals surface area contributed by atoms with Crippen molar-refractivity contribution in [1.82, 2.24) is 4.90 Å². The minimum absolute atomic E-state index is 0.0147. The molecule has 1 atom stereocenters. The fraction of sp³-hybridized carbons (Fsp3) is 0.350. The number of sulfonamides is 1. The van der Waals surface area contributed by atoms with Crippen molar-refractivity contribution in [2.24, 2.45) is 0 Å². The quantitative estimate of drug-likeness (QED) is 0.739. The number of alkyl halides is 3. The maximum atomic E-state index is 12.9. The van der Waals surface area contributed by atoms with Crippen molar-refractivity contribution in [2.75, 3.05) is 24.9 Å². The summed E-state index contributed by atoms with van der Waals surface area (Å²) in [4.78, 5) is 13.7. The van der Waals surface area contributed by atoms with Crippen LogP contribution < -0.4 is 4.72 Å². The summed E-state index contributed by atoms with van der Waals surface area (Å²) in [5.41, 5.74) is -1.00. The van der Waals surface area contributed by atoms with Crippen LogP contribution in [0.2, 0.25) is 0 Å². The fourth-order valence-corrected chi connectivity index (χ4v) is 4.31. The van der Waals surface area contributed by atoms with Crippen LogP contribution in [-0.4, -0.2) is 45.5 Å². The van der Waals surface area contributed by atoms with Gasteiger partial charge in [-0.15, -0.1) is 0 Å². The number of amides is 1. The smallest absolute Gasteiger partial charge is 0.376 e. The molecule has 1 amide bonds. The van der Waals surface area contributed by atoms with Gasteiger partial charge >= 0.3 is 6.18 Å². The summed E-state index contributed by atoms with van der Waals surface area (Å²) in [7, 11) is -2.76. The van der Waals surface area contributed by atoms with E-state index in [1.54, 1.807) is 13.1 Å². The van der Waals surface area contributed by atoms with Crippen LogP contribution in [0, 0.1) is 0 Å². The van der Waals surface area contributed by atoms with E-state index in [1.807, 2.05) is 0 Å². The molecule has 0 radical (unpaired) electrons. The van der Waals surface area contributed by atoms with E-state index in [-0.39, 0.29) is 17.4 Å². The molecule has 1 aliphatic rings. The molecule has 1 N–H and O–H groups in total. The summed E-state index contributed by atoms with van der Waals surface area (Å²) in [6.45, 7) is 0.994. The predicted octanol–water partition coefficient (Wildman–Crippen LogP) is 3.76. The van der Waals surface area contributed by atoms with E-state index >= 15 is 0 Å². The Hall–Kier alpha value is -2.59. The van der Waals surface area contributed by atoms with Gasteiger partial charge in [0.25, 0.3) is 15.9 Å². The van der Waals surface area contributed by atoms with Gasteiger partial charge < -0.3 is 9.64 Å². The molecular weight excluding hydrogens is 421 g/mol. The third-order valence-electron chi connectivity index (χ3n) is 4.72. The Bertz CT molecular complexity index is 1020. The molecule has 10 heteroatoms. The van der Waals surface area contributed by atoms with Crippen LogP contribution in [0.4, 0.5) is 18.9 Å². The van der Waals surface area contributed by atoms with Gasteiger partial charge in [0.05, 0.1) is 27.8 Å². The third-order valence-corrected chi connectivity index (χ3v) is 6.08. The van der Waals surface area contributed by atoms with Gasteiger partial charge in [-0.1, -0.05) is 18.2 Å². The van der Waals surface area contributed by atoms with E-state index in [4.69, 9.17) is 4.74 Å². The number of nitrogens with zero attached hydrogens (tertiary/aromatic N) is 1. The minimum atomic E-state index is -4.68. The lowest BCUT2D eigenvalue weighted by Crippen LogP contribution is -2.34. The van der Waals surface area contributed by atoms with Crippen molar-refractivity contribution in [3.63, 3.8) is 0 Å². The molecule has 1 saturated heterocycles. The van der Waals surface area contributed by atoms with Gasteiger partial charge in [-0.25, -0.2) is 8.42 Å². The second-order valence-electron chi connectivity index (χ2n) is 7.00. The highest BCUT2D eigenvalue weighted by Gasteiger charge is 2.32. The number of hydrogen-bond acceptors (Lipinski definition) is 4. The lowest BCUT2D eigenvalue weighted by Gasteiger charge is -2.22. The van der Waals surface area contributed by atoms with Crippen molar-refractivity contribution in [3.8, 4) is 0 Å². The van der Waals surface area contributed by atoms with E-state index in [9.17, 15) is 26.4 Å². The fourth-order valence-electron chi connectivity index (χ4n) is 3.18. The lowest BCUT2D eigenvalue weighted by molar-refractivity contribution is -0.137. The van der Waals surface area contributed by atoms with E-state index in [0.29, 0.717) is 19.2 Å². The van der Waals surface area contributed by atoms with Crippen LogP contribution in [0.5, 0.6) is 0 Å². The number of halogens is 3. The van der Waals surface area contributed by atoms with Gasteiger partial charge in [0.15, 0.2) is 0 Å². The number of anilines is 1. The second kappa shape index (κ2) is 8.65. The van der Waals surface area contributed by atoms with Crippen LogP contribution in [0.25, 0.3) is 0 Å². The highest BCUT2D eigenvalue weighted by atomic mass is 32.2. The number of ether oxygens (including phenoxy) is 1. The molecule has 1 aliphatic heterocycles. The molecule has 162 valence electrons. The molecule has 2 aromatic rings. The first-order chi connectivity index (χ1) is 14.1. The standard InChI is InChI=1S/C20H21F3N2O4S/c1-25(13-15-7-5-11-29-15)19(26)17-9-2-3-10-18(17)24-30(27,28)16-8-4-6-14(12-16)20(21,22)23/h2-4,6,8-10,12,15,24H,5,7,11,13H2,1H3. The monoisotopic (exact) mass is 442 g/mol. The molecular formula is C20H21F3N2O4S. The summed E-state index contributed by atoms with van der Waals surface area (Å²) in [6, 6.07) is 9.37. The lowest BCUT2D eigenvalue weighted by atomic mass is 10.1. The Balaban J connectivity index is 1.84. The van der Waals surface area contributed by atoms with Crippen molar-refractivity contribution in [3.05, 3.63) is 59.7 Å². The van der Waals surface area contributed by atoms with Crippen molar-refractivity contribution >= 4 is 21.6 Å². The van der Waals surface area contributed by atoms with Gasteiger partial charge in [0.2, 0.25) is 0 Å². The van der Waals surface area contributed by atoms with Crippen molar-refractivity contribution < 1.29 is 31.1 Å². The van der Waals surface area contributed by atoms with Crippen LogP contribution in [0.1, 0.15) is 28.8 Å². The van der Waals surface area contributed by atoms with Gasteiger partial charge in [0.1, 0.15) is 0 Å². The normalized spacial score (nSPS) is 17.0. The van der Waals surface area contributed by atoms with E-state index in [0.717, 1.165) is 31.0 Å². The number of nitrogens with one attached hydrogen (secondary N) is 1. The molecule has 0 spiro atoms. The molecule has 30 heavy (non-hydrogen) atoms. The predicted molar refractivity (Wildman–Crippen MR) is 105 cm³/mol. The highest BCUT2D eigenvalue weighted by Crippen LogP contribution is 2.31. The van der Waals surface area contributed by atoms with Gasteiger partial charge in [-0.05, 0) is 43.2 Å². The Morgan fingerprint density at radius 3 is 2.60 bits per heavy atom. The Labute approximate surface area is 172 Å². The summed E-state index contributed by atoms with van der Waals surface area (Å²) < 4.78 is 71.9. The largest absolute Gasteiger partial charge is 0.416 e. The van der Waals surface area contributed by atoms with Crippen LogP contribution in [0.15, 0.2) is 53.4 Å². The van der Waals surface area contributed by atoms with Crippen LogP contribution in [0.3, 0.4) is 0 Å². The molecule has 1 unspecified atom stereocenters. The number of rotatable bonds is 6. The number of carbonyl (C=O) groups is 1. The molecule has 0 aromatic heterocycles. The first kappa shape index (κ1) is 22.1. The Morgan fingerprint density at radius 1 is 1.20 bits per heavy atom. The summed E-state index contributed by atoms with van der Waals surface area (Å²) in [5, 5.41) is 0. The van der Waals surface area contributed by atoms with Gasteiger partial charge in [-0.2, -0.15) is 13.2 Å². The number of carbonyl (C=O) groups excluding carboxylic acids is 1. The van der Waals surface area contributed by atoms with Crippen LogP contribution in [-0.2, 0) is 20.9 Å². The van der Waals surface area contributed by atoms with Gasteiger partial charge in [0, 0.05) is 20.2 Å². The molecule has 1 fully saturated rings. The average Bonchev–Trinajstić information content (AvgIpc) is 3.20. The number of benzene rings is 2. The first-order valence-electron chi connectivity index (χ1n) is 9.24. The zero-order chi connectivity index (χ0) is 21.9. The number of hydrogen-bond donors (Lipinski definition) is 1. The summed E-state index contributed by atoms with van der Waals surface area (Å²) >= 11 is 0. The molecule has 6 nitrogen and oxygen atoms in total. The van der Waals surface area contributed by atoms with Crippen molar-refractivity contribution in [1.29, 1.82) is 0 Å². The molecule has 0 aliphatic carbocycles. The maximum Gasteiger partial charge on any atom is 0.416 e. The van der Waals surface area contributed by atoms with Gasteiger partial charge in [-0.3, -0.25) is 9.52 Å². The zero-order valence-corrected chi connectivity index (χ0v) is 17.0. The summed E-state index contributed by atoms with van der Waals surface area (Å²) in [5.74, 6) is -0.423. The maximum absolute atomic E-state index is 12.9. The topological polar surface area (TPSA) is 75.7 Å². The number of likely N-dealkylation sites (N-methyl/N-ethyl adjacent to an activating group) is 1. The molecule has 3 rings (SSSR count). The van der Waals surface area contributed by atoms with Crippen LogP contribution >= 0.6 is 0 Å². The summed E-state index contributed by atoms with van der Waals surface area (Å²) in [6.07, 6.45) is -3.00. The first-order valence-corrected chi connectivity index (χ1v) is 10.7. The van der Waals surface area contributed by atoms with Crippen molar-refractivity contribution in [2.45, 2.75) is 30.0 Å². The molecule has 2 aromatic carbocycles. The molecule has 1 heterocycles. The third kappa shape index (κ3) is 5.11. The Morgan fingerprint density at radius 2 is 1.93 bits per heavy atom. The molecule has 0 bridgehead atoms. The zero-order valence-electron chi connectivity index (χ0n) is 16.1.